The molecule has 0 fully saturated rings. The maximum atomic E-state index is 11.4. The molecule has 0 saturated heterocycles. The number of rotatable bonds is 5. The van der Waals surface area contributed by atoms with E-state index in [4.69, 9.17) is 0 Å². The minimum Gasteiger partial charge on any atom is -0.345 e. The van der Waals surface area contributed by atoms with E-state index in [2.05, 4.69) is 17.6 Å². The zero-order valence-electron chi connectivity index (χ0n) is 8.89. The molecule has 0 bridgehead atoms. The normalized spacial score (nSPS) is 10.0. The zero-order chi connectivity index (χ0) is 11.1. The predicted octanol–water partition coefficient (Wildman–Crippen LogP) is 1.40. The van der Waals surface area contributed by atoms with Crippen LogP contribution in [0.5, 0.6) is 0 Å². The summed E-state index contributed by atoms with van der Waals surface area (Å²) >= 11 is 4.03. The lowest BCUT2D eigenvalue weighted by Crippen LogP contribution is -2.29. The van der Waals surface area contributed by atoms with Gasteiger partial charge < -0.3 is 4.90 Å². The lowest BCUT2D eigenvalue weighted by atomic mass is 10.2. The summed E-state index contributed by atoms with van der Waals surface area (Å²) in [4.78, 5) is 17.4. The van der Waals surface area contributed by atoms with Gasteiger partial charge in [-0.2, -0.15) is 12.6 Å². The van der Waals surface area contributed by atoms with Crippen molar-refractivity contribution in [3.63, 3.8) is 0 Å². The highest BCUT2D eigenvalue weighted by Crippen LogP contribution is 1.98. The molecule has 0 aliphatic carbocycles. The molecular weight excluding hydrogens is 208 g/mol. The molecule has 0 spiro atoms. The Kier molecular flexibility index (Phi) is 5.18. The lowest BCUT2D eigenvalue weighted by molar-refractivity contribution is -0.129. The average molecular weight is 224 g/mol. The van der Waals surface area contributed by atoms with Gasteiger partial charge in [-0.3, -0.25) is 9.78 Å². The number of amides is 1. The highest BCUT2D eigenvalue weighted by atomic mass is 32.1. The first-order chi connectivity index (χ1) is 7.24. The maximum absolute atomic E-state index is 11.4. The number of nitrogens with zero attached hydrogens (tertiary/aromatic N) is 2. The minimum absolute atomic E-state index is 0.140. The second kappa shape index (κ2) is 6.45. The molecule has 1 heterocycles. The summed E-state index contributed by atoms with van der Waals surface area (Å²) in [6.45, 7) is 0.712. The van der Waals surface area contributed by atoms with E-state index in [-0.39, 0.29) is 5.91 Å². The van der Waals surface area contributed by atoms with Gasteiger partial charge in [-0.05, 0) is 17.9 Å². The van der Waals surface area contributed by atoms with Crippen molar-refractivity contribution in [2.75, 3.05) is 19.3 Å². The van der Waals surface area contributed by atoms with Gasteiger partial charge in [0.2, 0.25) is 5.91 Å². The summed E-state index contributed by atoms with van der Waals surface area (Å²) in [5.74, 6) is 0.744. The van der Waals surface area contributed by atoms with Crippen molar-refractivity contribution in [2.24, 2.45) is 0 Å². The first kappa shape index (κ1) is 12.0. The second-order valence-electron chi connectivity index (χ2n) is 3.36. The fraction of sp³-hybridized carbons (Fsp3) is 0.455. The number of pyridine rings is 1. The lowest BCUT2D eigenvalue weighted by Gasteiger charge is -2.16. The van der Waals surface area contributed by atoms with Crippen molar-refractivity contribution in [1.29, 1.82) is 0 Å². The number of carbonyl (C=O) groups is 1. The molecule has 15 heavy (non-hydrogen) atoms. The Hall–Kier alpha value is -1.03. The summed E-state index contributed by atoms with van der Waals surface area (Å²) in [6.07, 6.45) is 3.07. The van der Waals surface area contributed by atoms with E-state index in [1.54, 1.807) is 11.1 Å². The van der Waals surface area contributed by atoms with Gasteiger partial charge in [0, 0.05) is 38.3 Å². The topological polar surface area (TPSA) is 33.2 Å². The smallest absolute Gasteiger partial charge is 0.223 e. The number of thiol groups is 1. The van der Waals surface area contributed by atoms with Gasteiger partial charge in [-0.1, -0.05) is 6.07 Å². The molecule has 0 N–H and O–H groups in total. The van der Waals surface area contributed by atoms with Crippen LogP contribution in [0.3, 0.4) is 0 Å². The SMILES string of the molecule is CN(CCc1ccccn1)C(=O)CCS. The molecule has 0 aliphatic heterocycles. The van der Waals surface area contributed by atoms with Crippen molar-refractivity contribution in [2.45, 2.75) is 12.8 Å². The molecule has 3 nitrogen and oxygen atoms in total. The molecule has 0 atom stereocenters. The largest absolute Gasteiger partial charge is 0.345 e. The first-order valence-corrected chi connectivity index (χ1v) is 5.62. The van der Waals surface area contributed by atoms with E-state index in [0.717, 1.165) is 12.1 Å². The van der Waals surface area contributed by atoms with E-state index < -0.39 is 0 Å². The Bertz CT molecular complexity index is 303. The Labute approximate surface area is 95.9 Å². The number of hydrogen-bond donors (Lipinski definition) is 1. The van der Waals surface area contributed by atoms with Crippen molar-refractivity contribution in [3.8, 4) is 0 Å². The predicted molar refractivity (Wildman–Crippen MR) is 64.0 cm³/mol. The Balaban J connectivity index is 2.34. The monoisotopic (exact) mass is 224 g/mol. The third kappa shape index (κ3) is 4.34. The summed E-state index contributed by atoms with van der Waals surface area (Å²) in [5, 5.41) is 0. The van der Waals surface area contributed by atoms with Crippen LogP contribution in [-0.4, -0.2) is 35.1 Å². The van der Waals surface area contributed by atoms with E-state index in [1.165, 1.54) is 0 Å². The molecule has 0 aromatic carbocycles. The molecule has 0 radical (unpaired) electrons. The molecule has 1 aromatic heterocycles. The van der Waals surface area contributed by atoms with Crippen LogP contribution in [0.15, 0.2) is 24.4 Å². The van der Waals surface area contributed by atoms with Crippen LogP contribution in [0, 0.1) is 0 Å². The minimum atomic E-state index is 0.140. The van der Waals surface area contributed by atoms with Crippen molar-refractivity contribution in [3.05, 3.63) is 30.1 Å². The molecule has 0 saturated carbocycles. The van der Waals surface area contributed by atoms with Crippen LogP contribution in [0.4, 0.5) is 0 Å². The molecule has 1 aromatic rings. The first-order valence-electron chi connectivity index (χ1n) is 4.98. The molecule has 4 heteroatoms. The van der Waals surface area contributed by atoms with Crippen LogP contribution in [0.25, 0.3) is 0 Å². The summed E-state index contributed by atoms with van der Waals surface area (Å²) in [5.41, 5.74) is 1.02. The third-order valence-corrected chi connectivity index (χ3v) is 2.40. The Morgan fingerprint density at radius 3 is 2.93 bits per heavy atom. The summed E-state index contributed by atoms with van der Waals surface area (Å²) in [7, 11) is 1.81. The van der Waals surface area contributed by atoms with Crippen LogP contribution < -0.4 is 0 Å². The van der Waals surface area contributed by atoms with Crippen molar-refractivity contribution in [1.82, 2.24) is 9.88 Å². The van der Waals surface area contributed by atoms with Gasteiger partial charge in [0.15, 0.2) is 0 Å². The fourth-order valence-corrected chi connectivity index (χ4v) is 1.43. The van der Waals surface area contributed by atoms with Crippen molar-refractivity contribution < 1.29 is 4.79 Å². The summed E-state index contributed by atoms with van der Waals surface area (Å²) < 4.78 is 0. The molecular formula is C11H16N2OS. The summed E-state index contributed by atoms with van der Waals surface area (Å²) in [6, 6.07) is 5.81. The molecule has 0 aliphatic rings. The maximum Gasteiger partial charge on any atom is 0.223 e. The quantitative estimate of drug-likeness (QED) is 0.767. The van der Waals surface area contributed by atoms with E-state index in [1.807, 2.05) is 25.2 Å². The van der Waals surface area contributed by atoms with E-state index in [0.29, 0.717) is 18.7 Å². The molecule has 0 unspecified atom stereocenters. The van der Waals surface area contributed by atoms with E-state index in [9.17, 15) is 4.79 Å². The van der Waals surface area contributed by atoms with Crippen molar-refractivity contribution >= 4 is 18.5 Å². The second-order valence-corrected chi connectivity index (χ2v) is 3.81. The number of carbonyl (C=O) groups excluding carboxylic acids is 1. The number of hydrogen-bond acceptors (Lipinski definition) is 3. The zero-order valence-corrected chi connectivity index (χ0v) is 9.78. The number of likely N-dealkylation sites (N-methyl/N-ethyl adjacent to an activating group) is 1. The fourth-order valence-electron chi connectivity index (χ4n) is 1.24. The highest BCUT2D eigenvalue weighted by molar-refractivity contribution is 7.80. The standard InChI is InChI=1S/C11H16N2OS/c1-13(11(14)6-9-15)8-5-10-4-2-3-7-12-10/h2-4,7,15H,5-6,8-9H2,1H3. The Morgan fingerprint density at radius 2 is 2.33 bits per heavy atom. The van der Waals surface area contributed by atoms with Gasteiger partial charge in [-0.15, -0.1) is 0 Å². The highest BCUT2D eigenvalue weighted by Gasteiger charge is 2.07. The molecule has 1 rings (SSSR count). The van der Waals surface area contributed by atoms with Gasteiger partial charge in [-0.25, -0.2) is 0 Å². The average Bonchev–Trinajstić information content (AvgIpc) is 2.27. The molecule has 1 amide bonds. The molecule has 82 valence electrons. The van der Waals surface area contributed by atoms with E-state index >= 15 is 0 Å². The Morgan fingerprint density at radius 1 is 1.53 bits per heavy atom. The number of aromatic nitrogens is 1. The van der Waals surface area contributed by atoms with Crippen LogP contribution in [0.1, 0.15) is 12.1 Å². The van der Waals surface area contributed by atoms with Gasteiger partial charge >= 0.3 is 0 Å². The van der Waals surface area contributed by atoms with Gasteiger partial charge in [0.1, 0.15) is 0 Å². The van der Waals surface area contributed by atoms with Gasteiger partial charge in [0.25, 0.3) is 0 Å². The van der Waals surface area contributed by atoms with Crippen LogP contribution >= 0.6 is 12.6 Å². The van der Waals surface area contributed by atoms with Gasteiger partial charge in [0.05, 0.1) is 0 Å². The van der Waals surface area contributed by atoms with Crippen LogP contribution in [-0.2, 0) is 11.2 Å². The van der Waals surface area contributed by atoms with Crippen LogP contribution in [0.2, 0.25) is 0 Å². The third-order valence-electron chi connectivity index (χ3n) is 2.18.